The van der Waals surface area contributed by atoms with Crippen molar-refractivity contribution >= 4 is 33.5 Å². The van der Waals surface area contributed by atoms with E-state index in [1.807, 2.05) is 0 Å². The number of carboxylic acid groups (broad SMARTS) is 1. The van der Waals surface area contributed by atoms with Gasteiger partial charge in [0.1, 0.15) is 12.1 Å². The highest BCUT2D eigenvalue weighted by Gasteiger charge is 2.37. The Morgan fingerprint density at radius 2 is 2.09 bits per heavy atom. The Morgan fingerprint density at radius 1 is 1.32 bits per heavy atom. The maximum absolute atomic E-state index is 13.4. The van der Waals surface area contributed by atoms with Crippen molar-refractivity contribution in [1.29, 1.82) is 0 Å². The molecule has 1 saturated heterocycles. The summed E-state index contributed by atoms with van der Waals surface area (Å²) in [7, 11) is -4.05. The summed E-state index contributed by atoms with van der Waals surface area (Å²) in [5.41, 5.74) is 12.5. The van der Waals surface area contributed by atoms with Crippen LogP contribution in [0, 0.1) is 5.92 Å². The molecule has 1 amide bonds. The zero-order chi connectivity index (χ0) is 24.9. The molecule has 1 aromatic rings. The molecule has 2 aliphatic rings. The smallest absolute Gasteiger partial charge is 0.326 e. The first-order valence-electron chi connectivity index (χ1n) is 11.6. The van der Waals surface area contributed by atoms with Crippen LogP contribution in [0.15, 0.2) is 28.1 Å². The number of nitrogens with zero attached hydrogens (tertiary/aromatic N) is 2. The van der Waals surface area contributed by atoms with Crippen LogP contribution < -0.4 is 21.5 Å². The average Bonchev–Trinajstić information content (AvgIpc) is 2.79. The summed E-state index contributed by atoms with van der Waals surface area (Å²) in [6.45, 7) is 3.35. The zero-order valence-corrected chi connectivity index (χ0v) is 20.2. The molecular weight excluding hydrogens is 460 g/mol. The lowest BCUT2D eigenvalue weighted by Crippen LogP contribution is -2.55. The second-order valence-electron chi connectivity index (χ2n) is 9.01. The second kappa shape index (κ2) is 11.0. The average molecular weight is 495 g/mol. The summed E-state index contributed by atoms with van der Waals surface area (Å²) >= 11 is 0. The predicted molar refractivity (Wildman–Crippen MR) is 129 cm³/mol. The molecule has 3 rings (SSSR count). The molecule has 0 aromatic heterocycles. The number of hydrogen-bond donors (Lipinski definition) is 5. The number of nitrogens with two attached hydrogens (primary N) is 2. The molecule has 11 nitrogen and oxygen atoms in total. The highest BCUT2D eigenvalue weighted by molar-refractivity contribution is 7.89. The normalized spacial score (nSPS) is 21.1. The maximum Gasteiger partial charge on any atom is 0.326 e. The highest BCUT2D eigenvalue weighted by Crippen LogP contribution is 2.28. The Morgan fingerprint density at radius 3 is 2.79 bits per heavy atom. The van der Waals surface area contributed by atoms with Crippen molar-refractivity contribution in [3.63, 3.8) is 0 Å². The lowest BCUT2D eigenvalue weighted by molar-refractivity contribution is -0.152. The highest BCUT2D eigenvalue weighted by atomic mass is 32.2. The number of nitrogens with one attached hydrogen (secondary N) is 2. The van der Waals surface area contributed by atoms with Crippen LogP contribution in [-0.2, 0) is 26.0 Å². The fourth-order valence-corrected chi connectivity index (χ4v) is 5.69. The van der Waals surface area contributed by atoms with Gasteiger partial charge in [0.25, 0.3) is 0 Å². The number of aliphatic carboxylic acids is 1. The third-order valence-corrected chi connectivity index (χ3v) is 7.68. The number of sulfonamides is 1. The molecule has 0 spiro atoms. The van der Waals surface area contributed by atoms with Gasteiger partial charge in [-0.3, -0.25) is 9.79 Å². The van der Waals surface area contributed by atoms with Gasteiger partial charge in [0.15, 0.2) is 5.96 Å². The lowest BCUT2D eigenvalue weighted by Gasteiger charge is -2.35. The van der Waals surface area contributed by atoms with E-state index >= 15 is 0 Å². The third-order valence-electron chi connectivity index (χ3n) is 6.21. The van der Waals surface area contributed by atoms with Gasteiger partial charge in [-0.2, -0.15) is 4.72 Å². The minimum absolute atomic E-state index is 0.0451. The Kier molecular flexibility index (Phi) is 8.37. The van der Waals surface area contributed by atoms with Gasteiger partial charge in [-0.15, -0.1) is 0 Å². The van der Waals surface area contributed by atoms with Crippen LogP contribution in [0.25, 0.3) is 0 Å². The quantitative estimate of drug-likeness (QED) is 0.186. The van der Waals surface area contributed by atoms with E-state index in [1.165, 1.54) is 11.0 Å². The van der Waals surface area contributed by atoms with E-state index < -0.39 is 34.0 Å². The first-order valence-corrected chi connectivity index (χ1v) is 13.0. The van der Waals surface area contributed by atoms with Crippen molar-refractivity contribution in [2.45, 2.75) is 62.4 Å². The van der Waals surface area contributed by atoms with Crippen molar-refractivity contribution in [1.82, 2.24) is 9.62 Å². The molecule has 7 N–H and O–H groups in total. The fraction of sp³-hybridized carbons (Fsp3) is 0.591. The Bertz CT molecular complexity index is 1040. The van der Waals surface area contributed by atoms with Crippen molar-refractivity contribution < 1.29 is 23.1 Å². The standard InChI is InChI=1S/C22H34N6O5S/c1-14-11-15-7-8-16(12-18(15)26-13-14)34(32,33)27-17(5-4-9-25-22(23)24)20(29)28-10-3-2-6-19(28)21(30)31/h7-8,12,14,17,19,26-27H,2-6,9-11,13H2,1H3,(H,30,31)(H4,23,24,25)/t14-,17-,19?/m1/s1. The molecule has 34 heavy (non-hydrogen) atoms. The van der Waals surface area contributed by atoms with Gasteiger partial charge in [0.2, 0.25) is 15.9 Å². The molecule has 0 saturated carbocycles. The molecule has 0 aliphatic carbocycles. The predicted octanol–water partition coefficient (Wildman–Crippen LogP) is 0.457. The van der Waals surface area contributed by atoms with Crippen LogP contribution in [0.5, 0.6) is 0 Å². The number of carboxylic acids is 1. The van der Waals surface area contributed by atoms with Crippen LogP contribution in [-0.4, -0.2) is 68.0 Å². The van der Waals surface area contributed by atoms with Gasteiger partial charge < -0.3 is 26.8 Å². The van der Waals surface area contributed by atoms with Crippen LogP contribution in [0.4, 0.5) is 5.69 Å². The molecule has 1 aromatic carbocycles. The van der Waals surface area contributed by atoms with E-state index in [-0.39, 0.29) is 30.4 Å². The van der Waals surface area contributed by atoms with Crippen LogP contribution in [0.3, 0.4) is 0 Å². The second-order valence-corrected chi connectivity index (χ2v) is 10.7. The van der Waals surface area contributed by atoms with Gasteiger partial charge in [0.05, 0.1) is 4.90 Å². The molecule has 0 bridgehead atoms. The number of carbonyl (C=O) groups is 2. The summed E-state index contributed by atoms with van der Waals surface area (Å²) < 4.78 is 29.0. The third kappa shape index (κ3) is 6.38. The van der Waals surface area contributed by atoms with Crippen LogP contribution in [0.1, 0.15) is 44.6 Å². The lowest BCUT2D eigenvalue weighted by atomic mass is 9.96. The van der Waals surface area contributed by atoms with Crippen LogP contribution >= 0.6 is 0 Å². The maximum atomic E-state index is 13.4. The first-order chi connectivity index (χ1) is 16.1. The number of anilines is 1. The number of amides is 1. The summed E-state index contributed by atoms with van der Waals surface area (Å²) in [5.74, 6) is -1.29. The molecule has 188 valence electrons. The van der Waals surface area contributed by atoms with Crippen molar-refractivity contribution in [2.75, 3.05) is 25.0 Å². The van der Waals surface area contributed by atoms with Gasteiger partial charge in [0, 0.05) is 25.3 Å². The van der Waals surface area contributed by atoms with Crippen molar-refractivity contribution in [3.05, 3.63) is 23.8 Å². The molecule has 0 radical (unpaired) electrons. The van der Waals surface area contributed by atoms with E-state index in [4.69, 9.17) is 11.5 Å². The topological polar surface area (TPSA) is 180 Å². The summed E-state index contributed by atoms with van der Waals surface area (Å²) in [6.07, 6.45) is 3.02. The number of guanidine groups is 1. The number of fused-ring (bicyclic) bond motifs is 1. The van der Waals surface area contributed by atoms with Gasteiger partial charge >= 0.3 is 5.97 Å². The number of likely N-dealkylation sites (tertiary alicyclic amines) is 1. The Hall–Kier alpha value is -2.86. The van der Waals surface area contributed by atoms with E-state index in [0.717, 1.165) is 24.2 Å². The summed E-state index contributed by atoms with van der Waals surface area (Å²) in [4.78, 5) is 30.3. The number of aliphatic imine (C=N–C) groups is 1. The molecule has 2 aliphatic heterocycles. The van der Waals surface area contributed by atoms with E-state index in [0.29, 0.717) is 31.6 Å². The zero-order valence-electron chi connectivity index (χ0n) is 19.4. The van der Waals surface area contributed by atoms with E-state index in [9.17, 15) is 23.1 Å². The number of piperidine rings is 1. The first kappa shape index (κ1) is 25.8. The monoisotopic (exact) mass is 494 g/mol. The molecule has 1 fully saturated rings. The van der Waals surface area contributed by atoms with Gasteiger partial charge in [-0.05, 0) is 62.1 Å². The minimum Gasteiger partial charge on any atom is -0.480 e. The molecule has 2 heterocycles. The van der Waals surface area contributed by atoms with Crippen molar-refractivity contribution in [2.24, 2.45) is 22.4 Å². The Labute approximate surface area is 200 Å². The van der Waals surface area contributed by atoms with E-state index in [2.05, 4.69) is 22.0 Å². The Balaban J connectivity index is 1.83. The van der Waals surface area contributed by atoms with Gasteiger partial charge in [-0.1, -0.05) is 13.0 Å². The van der Waals surface area contributed by atoms with Gasteiger partial charge in [-0.25, -0.2) is 13.2 Å². The number of benzene rings is 1. The molecule has 12 heteroatoms. The molecule has 3 atom stereocenters. The van der Waals surface area contributed by atoms with Crippen LogP contribution in [0.2, 0.25) is 0 Å². The number of rotatable bonds is 9. The number of hydrogen-bond acceptors (Lipinski definition) is 6. The van der Waals surface area contributed by atoms with E-state index in [1.54, 1.807) is 12.1 Å². The van der Waals surface area contributed by atoms with Crippen molar-refractivity contribution in [3.8, 4) is 0 Å². The summed E-state index contributed by atoms with van der Waals surface area (Å²) in [6, 6.07) is 2.78. The molecule has 1 unspecified atom stereocenters. The number of carbonyl (C=O) groups excluding carboxylic acids is 1. The fourth-order valence-electron chi connectivity index (χ4n) is 4.44. The largest absolute Gasteiger partial charge is 0.480 e. The summed E-state index contributed by atoms with van der Waals surface area (Å²) in [5, 5.41) is 12.8. The molecular formula is C22H34N6O5S. The minimum atomic E-state index is -4.05. The SMILES string of the molecule is C[C@H]1CNc2cc(S(=O)(=O)N[C@H](CCCN=C(N)N)C(=O)N3CCCCC3C(=O)O)ccc2C1.